The van der Waals surface area contributed by atoms with Crippen molar-refractivity contribution in [2.24, 2.45) is 0 Å². The number of halogens is 1. The molecule has 2 unspecified atom stereocenters. The molecule has 1 spiro atoms. The Bertz CT molecular complexity index is 1410. The largest absolute Gasteiger partial charge is 0.444 e. The number of piperidine rings is 1. The van der Waals surface area contributed by atoms with Crippen LogP contribution in [0, 0.1) is 17.1 Å². The van der Waals surface area contributed by atoms with Crippen molar-refractivity contribution in [3.8, 4) is 17.2 Å². The normalized spacial score (nSPS) is 20.1. The molecule has 0 radical (unpaired) electrons. The van der Waals surface area contributed by atoms with Gasteiger partial charge in [-0.15, -0.1) is 0 Å². The molecule has 2 atom stereocenters. The highest BCUT2D eigenvalue weighted by Crippen LogP contribution is 2.50. The lowest BCUT2D eigenvalue weighted by atomic mass is 9.93. The maximum Gasteiger partial charge on any atom is 0.411 e. The first-order valence-electron chi connectivity index (χ1n) is 13.8. The average Bonchev–Trinajstić information content (AvgIpc) is 3.59. The lowest BCUT2D eigenvalue weighted by Gasteiger charge is -2.42. The predicted octanol–water partition coefficient (Wildman–Crippen LogP) is 4.88. The minimum atomic E-state index is -0.968. The summed E-state index contributed by atoms with van der Waals surface area (Å²) in [6.45, 7) is 5.37. The Morgan fingerprint density at radius 1 is 1.18 bits per heavy atom. The molecule has 1 saturated carbocycles. The third-order valence-corrected chi connectivity index (χ3v) is 8.11. The van der Waals surface area contributed by atoms with E-state index in [9.17, 15) is 19.6 Å². The molecule has 3 aliphatic rings. The molecule has 9 heteroatoms. The second-order valence-electron chi connectivity index (χ2n) is 12.2. The zero-order valence-corrected chi connectivity index (χ0v) is 23.4. The minimum Gasteiger partial charge on any atom is -0.444 e. The first kappa shape index (κ1) is 27.6. The second-order valence-corrected chi connectivity index (χ2v) is 12.2. The van der Waals surface area contributed by atoms with Gasteiger partial charge in [-0.05, 0) is 87.3 Å². The fourth-order valence-corrected chi connectivity index (χ4v) is 5.85. The molecule has 40 heavy (non-hydrogen) atoms. The zero-order chi connectivity index (χ0) is 28.8. The fraction of sp³-hybridized carbons (Fsp3) is 0.484. The molecule has 2 fully saturated rings. The van der Waals surface area contributed by atoms with Crippen molar-refractivity contribution in [2.45, 2.75) is 88.9 Å². The van der Waals surface area contributed by atoms with Gasteiger partial charge in [0.25, 0.3) is 0 Å². The van der Waals surface area contributed by atoms with Crippen molar-refractivity contribution >= 4 is 23.6 Å². The van der Waals surface area contributed by atoms with Crippen molar-refractivity contribution in [3.63, 3.8) is 0 Å². The van der Waals surface area contributed by atoms with E-state index in [-0.39, 0.29) is 17.9 Å². The van der Waals surface area contributed by atoms with Gasteiger partial charge in [0.2, 0.25) is 11.8 Å². The van der Waals surface area contributed by atoms with E-state index in [0.29, 0.717) is 24.0 Å². The van der Waals surface area contributed by atoms with Gasteiger partial charge >= 0.3 is 6.09 Å². The summed E-state index contributed by atoms with van der Waals surface area (Å²) >= 11 is 0. The number of benzene rings is 2. The van der Waals surface area contributed by atoms with Crippen LogP contribution in [0.3, 0.4) is 0 Å². The number of hydrogen-bond acceptors (Lipinski definition) is 5. The predicted molar refractivity (Wildman–Crippen MR) is 148 cm³/mol. The minimum absolute atomic E-state index is 0.0138. The van der Waals surface area contributed by atoms with E-state index in [4.69, 9.17) is 4.74 Å². The molecule has 8 nitrogen and oxygen atoms in total. The van der Waals surface area contributed by atoms with Crippen LogP contribution in [0.2, 0.25) is 0 Å². The Morgan fingerprint density at radius 2 is 1.88 bits per heavy atom. The van der Waals surface area contributed by atoms with Crippen LogP contribution in [0.4, 0.5) is 14.9 Å². The zero-order valence-electron chi connectivity index (χ0n) is 23.4. The molecule has 2 aromatic rings. The van der Waals surface area contributed by atoms with Gasteiger partial charge in [-0.2, -0.15) is 5.26 Å². The van der Waals surface area contributed by atoms with E-state index in [0.717, 1.165) is 42.5 Å². The van der Waals surface area contributed by atoms with Crippen molar-refractivity contribution in [3.05, 3.63) is 53.3 Å². The molecule has 2 heterocycles. The summed E-state index contributed by atoms with van der Waals surface area (Å²) in [5.74, 6) is -0.882. The fourth-order valence-electron chi connectivity index (χ4n) is 5.85. The second kappa shape index (κ2) is 10.2. The van der Waals surface area contributed by atoms with Gasteiger partial charge in [0, 0.05) is 24.7 Å². The third kappa shape index (κ3) is 5.40. The van der Waals surface area contributed by atoms with E-state index in [2.05, 4.69) is 11.4 Å². The number of nitriles is 1. The molecular formula is C31H35FN4O4. The summed E-state index contributed by atoms with van der Waals surface area (Å²) in [5, 5.41) is 12.6. The summed E-state index contributed by atoms with van der Waals surface area (Å²) in [6.07, 6.45) is 3.59. The number of nitrogens with one attached hydrogen (secondary N) is 1. The van der Waals surface area contributed by atoms with Crippen LogP contribution in [0.1, 0.15) is 64.0 Å². The number of carbonyl (C=O) groups is 3. The molecule has 5 rings (SSSR count). The maximum absolute atomic E-state index is 15.2. The lowest BCUT2D eigenvalue weighted by Crippen LogP contribution is -2.59. The Balaban J connectivity index is 1.29. The van der Waals surface area contributed by atoms with Gasteiger partial charge in [-0.1, -0.05) is 24.3 Å². The first-order chi connectivity index (χ1) is 18.9. The lowest BCUT2D eigenvalue weighted by molar-refractivity contribution is -0.130. The van der Waals surface area contributed by atoms with E-state index in [1.807, 2.05) is 18.2 Å². The van der Waals surface area contributed by atoms with Crippen molar-refractivity contribution in [1.82, 2.24) is 10.2 Å². The summed E-state index contributed by atoms with van der Waals surface area (Å²) in [7, 11) is 1.72. The topological polar surface area (TPSA) is 103 Å². The number of carbonyl (C=O) groups excluding carboxylic acids is 3. The van der Waals surface area contributed by atoms with Gasteiger partial charge in [0.05, 0.1) is 12.5 Å². The number of hydrogen-bond donors (Lipinski definition) is 1. The van der Waals surface area contributed by atoms with Crippen LogP contribution in [0.25, 0.3) is 11.1 Å². The van der Waals surface area contributed by atoms with Crippen LogP contribution in [-0.4, -0.2) is 53.1 Å². The van der Waals surface area contributed by atoms with E-state index in [1.165, 1.54) is 6.07 Å². The van der Waals surface area contributed by atoms with Crippen LogP contribution >= 0.6 is 0 Å². The molecule has 3 amide bonds. The standard InChI is InChI=1S/C31H35FN4O4/c1-30(2,3)40-29(39)36-25(6-5-11-31(36)12-13-31)28(38)34-23(18-33)14-21-9-7-19(15-24(21)32)20-8-10-22-17-27(37)35(4)26(22)16-20/h7-10,15-16,23,25H,5-6,11-14,17H2,1-4H3,(H,34,38). The molecule has 1 N–H and O–H groups in total. The molecule has 2 aliphatic heterocycles. The summed E-state index contributed by atoms with van der Waals surface area (Å²) in [4.78, 5) is 41.7. The number of rotatable bonds is 5. The van der Waals surface area contributed by atoms with Crippen LogP contribution in [0.15, 0.2) is 36.4 Å². The Labute approximate surface area is 234 Å². The van der Waals surface area contributed by atoms with Gasteiger partial charge in [0.15, 0.2) is 0 Å². The summed E-state index contributed by atoms with van der Waals surface area (Å²) < 4.78 is 20.8. The average molecular weight is 547 g/mol. The van der Waals surface area contributed by atoms with Crippen LogP contribution in [-0.2, 0) is 27.2 Å². The van der Waals surface area contributed by atoms with E-state index in [1.54, 1.807) is 49.8 Å². The highest BCUT2D eigenvalue weighted by atomic mass is 19.1. The van der Waals surface area contributed by atoms with Crippen LogP contribution in [0.5, 0.6) is 0 Å². The van der Waals surface area contributed by atoms with Crippen molar-refractivity contribution in [2.75, 3.05) is 11.9 Å². The van der Waals surface area contributed by atoms with Gasteiger partial charge < -0.3 is 15.0 Å². The number of fused-ring (bicyclic) bond motifs is 1. The monoisotopic (exact) mass is 546 g/mol. The highest BCUT2D eigenvalue weighted by Gasteiger charge is 2.56. The number of amides is 3. The molecule has 0 bridgehead atoms. The maximum atomic E-state index is 15.2. The number of nitrogens with zero attached hydrogens (tertiary/aromatic N) is 3. The van der Waals surface area contributed by atoms with Crippen LogP contribution < -0.4 is 10.2 Å². The highest BCUT2D eigenvalue weighted by molar-refractivity contribution is 6.01. The van der Waals surface area contributed by atoms with Crippen molar-refractivity contribution < 1.29 is 23.5 Å². The quantitative estimate of drug-likeness (QED) is 0.576. The number of likely N-dealkylation sites (tertiary alicyclic amines) is 1. The SMILES string of the molecule is CN1C(=O)Cc2ccc(-c3ccc(CC(C#N)NC(=O)C4CCCC5(CC5)N4C(=O)OC(C)(C)C)c(F)c3)cc21. The van der Waals surface area contributed by atoms with E-state index >= 15 is 4.39 Å². The third-order valence-electron chi connectivity index (χ3n) is 8.11. The molecule has 210 valence electrons. The van der Waals surface area contributed by atoms with Crippen molar-refractivity contribution in [1.29, 1.82) is 5.26 Å². The molecule has 2 aromatic carbocycles. The van der Waals surface area contributed by atoms with Gasteiger partial charge in [-0.25, -0.2) is 9.18 Å². The molecule has 0 aromatic heterocycles. The Kier molecular flexibility index (Phi) is 7.07. The Morgan fingerprint density at radius 3 is 2.52 bits per heavy atom. The summed E-state index contributed by atoms with van der Waals surface area (Å²) in [6, 6.07) is 10.8. The summed E-state index contributed by atoms with van der Waals surface area (Å²) in [5.41, 5.74) is 2.44. The molecule has 1 aliphatic carbocycles. The number of likely N-dealkylation sites (N-methyl/N-ethyl adjacent to an activating group) is 1. The Hall–Kier alpha value is -3.93. The molecular weight excluding hydrogens is 511 g/mol. The molecule has 1 saturated heterocycles. The number of ether oxygens (including phenoxy) is 1. The first-order valence-corrected chi connectivity index (χ1v) is 13.8. The van der Waals surface area contributed by atoms with E-state index < -0.39 is 35.5 Å². The smallest absolute Gasteiger partial charge is 0.411 e. The van der Waals surface area contributed by atoms with Gasteiger partial charge in [-0.3, -0.25) is 14.5 Å². The van der Waals surface area contributed by atoms with Gasteiger partial charge in [0.1, 0.15) is 23.5 Å². The number of anilines is 1.